The average molecular weight is 742 g/mol. The number of methoxy groups -OCH3 is 1. The van der Waals surface area contributed by atoms with E-state index in [1.165, 1.54) is 7.11 Å². The molecule has 13 nitrogen and oxygen atoms in total. The first-order valence-electron chi connectivity index (χ1n) is 19.1. The lowest BCUT2D eigenvalue weighted by Crippen LogP contribution is -2.65. The third kappa shape index (κ3) is 8.86. The number of para-hydroxylation sites is 1. The number of nitrogens with one attached hydrogen (secondary N) is 1. The smallest absolute Gasteiger partial charge is 0.482 e. The summed E-state index contributed by atoms with van der Waals surface area (Å²) in [5.74, 6) is -1.19. The maximum atomic E-state index is 14.1. The van der Waals surface area contributed by atoms with Crippen LogP contribution in [0.15, 0.2) is 18.2 Å². The number of benzene rings is 1. The second-order valence-corrected chi connectivity index (χ2v) is 18.8. The highest BCUT2D eigenvalue weighted by atomic mass is 16.7. The van der Waals surface area contributed by atoms with Crippen LogP contribution in [0.3, 0.4) is 0 Å². The van der Waals surface area contributed by atoms with Gasteiger partial charge in [-0.3, -0.25) is 19.7 Å². The topological polar surface area (TPSA) is 179 Å². The van der Waals surface area contributed by atoms with Crippen molar-refractivity contribution in [2.45, 2.75) is 149 Å². The van der Waals surface area contributed by atoms with Gasteiger partial charge >= 0.3 is 19.1 Å². The van der Waals surface area contributed by atoms with Crippen molar-refractivity contribution in [1.29, 1.82) is 0 Å². The molecule has 3 N–H and O–H groups in total. The van der Waals surface area contributed by atoms with Crippen LogP contribution in [-0.4, -0.2) is 78.4 Å². The highest BCUT2D eigenvalue weighted by Crippen LogP contribution is 2.65. The van der Waals surface area contributed by atoms with E-state index in [0.29, 0.717) is 42.9 Å². The summed E-state index contributed by atoms with van der Waals surface area (Å²) in [5.41, 5.74) is 4.44. The number of nitrogens with zero attached hydrogens (tertiary/aromatic N) is 1. The van der Waals surface area contributed by atoms with E-state index < -0.39 is 53.3 Å². The van der Waals surface area contributed by atoms with Crippen molar-refractivity contribution in [1.82, 2.24) is 5.32 Å². The third-order valence-corrected chi connectivity index (χ3v) is 12.3. The average Bonchev–Trinajstić information content (AvgIpc) is 3.39. The number of hydrogen-bond acceptors (Lipinski definition) is 11. The molecule has 1 aromatic carbocycles. The number of carbonyl (C=O) groups excluding carboxylic acids is 3. The molecule has 1 saturated heterocycles. The molecule has 0 aromatic heterocycles. The quantitative estimate of drug-likeness (QED) is 0.120. The van der Waals surface area contributed by atoms with Crippen molar-refractivity contribution in [2.24, 2.45) is 34.3 Å². The summed E-state index contributed by atoms with van der Waals surface area (Å²) < 4.78 is 30.4. The lowest BCUT2D eigenvalue weighted by atomic mass is 9.43. The molecule has 1 amide bonds. The maximum Gasteiger partial charge on any atom is 0.482 e. The van der Waals surface area contributed by atoms with Gasteiger partial charge in [0, 0.05) is 16.8 Å². The summed E-state index contributed by atoms with van der Waals surface area (Å²) in [7, 11) is 0.674. The van der Waals surface area contributed by atoms with E-state index >= 15 is 0 Å². The zero-order valence-electron chi connectivity index (χ0n) is 33.2. The van der Waals surface area contributed by atoms with Gasteiger partial charge in [0.2, 0.25) is 12.5 Å². The Morgan fingerprint density at radius 3 is 2.26 bits per heavy atom. The first-order chi connectivity index (χ1) is 24.5. The third-order valence-electron chi connectivity index (χ3n) is 12.3. The van der Waals surface area contributed by atoms with Gasteiger partial charge in [-0.25, -0.2) is 4.79 Å². The first-order valence-corrected chi connectivity index (χ1v) is 19.1. The lowest BCUT2D eigenvalue weighted by molar-refractivity contribution is -0.499. The van der Waals surface area contributed by atoms with Gasteiger partial charge in [0.05, 0.1) is 24.8 Å². The van der Waals surface area contributed by atoms with Gasteiger partial charge in [-0.2, -0.15) is 0 Å². The lowest BCUT2D eigenvalue weighted by Gasteiger charge is -2.64. The highest BCUT2D eigenvalue weighted by molar-refractivity contribution is 6.48. The Balaban J connectivity index is 1.38. The van der Waals surface area contributed by atoms with Crippen molar-refractivity contribution >= 4 is 25.0 Å². The number of nitro groups is 1. The monoisotopic (exact) mass is 741 g/mol. The largest absolute Gasteiger partial charge is 0.496 e. The van der Waals surface area contributed by atoms with Gasteiger partial charge in [0.1, 0.15) is 28.6 Å². The molecule has 0 radical (unpaired) electrons. The fourth-order valence-corrected chi connectivity index (χ4v) is 9.44. The van der Waals surface area contributed by atoms with Crippen molar-refractivity contribution in [2.75, 3.05) is 13.7 Å². The molecule has 4 saturated carbocycles. The standard InChI is InChI=1S/C39H60BN3O10/c1-35(2,3)50-33(45)26-13-11-12-24(32(26)49-10)18-29(40-52-28-20-25-19-27(37(25,7)8)38(28,9)53-40)42-30(44)21-39(22-43(47)48)16-14-23(15-17-39)31(41)34(46)51-36(4,5)6/h11-13,23,25,27-29,31H,14-22,41H2,1-10H3,(H,42,44). The van der Waals surface area contributed by atoms with E-state index in [2.05, 4.69) is 26.1 Å². The Labute approximate surface area is 314 Å². The van der Waals surface area contributed by atoms with Crippen LogP contribution < -0.4 is 15.8 Å². The Kier molecular flexibility index (Phi) is 11.4. The molecule has 1 aromatic rings. The van der Waals surface area contributed by atoms with Crippen molar-refractivity contribution in [3.8, 4) is 5.75 Å². The Hall–Kier alpha value is -3.23. The van der Waals surface area contributed by atoms with Crippen LogP contribution in [0, 0.1) is 38.7 Å². The zero-order valence-corrected chi connectivity index (χ0v) is 33.2. The number of carbonyl (C=O) groups is 3. The van der Waals surface area contributed by atoms with E-state index in [9.17, 15) is 24.5 Å². The van der Waals surface area contributed by atoms with Gasteiger partial charge in [0.15, 0.2) is 0 Å². The Morgan fingerprint density at radius 2 is 1.70 bits per heavy atom. The van der Waals surface area contributed by atoms with Crippen molar-refractivity contribution < 1.29 is 42.8 Å². The first kappa shape index (κ1) is 40.9. The molecular formula is C39H60BN3O10. The fourth-order valence-electron chi connectivity index (χ4n) is 9.44. The minimum atomic E-state index is -0.931. The number of hydrogen-bond donors (Lipinski definition) is 2. The molecule has 0 spiro atoms. The van der Waals surface area contributed by atoms with Gasteiger partial charge in [0.25, 0.3) is 0 Å². The Bertz CT molecular complexity index is 1560. The molecule has 6 rings (SSSR count). The predicted octanol–water partition coefficient (Wildman–Crippen LogP) is 5.46. The van der Waals surface area contributed by atoms with Gasteiger partial charge in [-0.1, -0.05) is 26.0 Å². The molecule has 53 heavy (non-hydrogen) atoms. The van der Waals surface area contributed by atoms with Crippen molar-refractivity contribution in [3.05, 3.63) is 39.4 Å². The zero-order chi connectivity index (χ0) is 39.3. The van der Waals surface area contributed by atoms with Crippen molar-refractivity contribution in [3.63, 3.8) is 0 Å². The molecule has 14 heteroatoms. The number of ether oxygens (including phenoxy) is 3. The molecule has 5 aliphatic rings. The number of rotatable bonds is 12. The molecule has 6 atom stereocenters. The van der Waals surface area contributed by atoms with Crippen LogP contribution in [0.1, 0.15) is 123 Å². The number of esters is 2. The number of amides is 1. The van der Waals surface area contributed by atoms with E-state index in [1.54, 1.807) is 53.7 Å². The molecule has 294 valence electrons. The molecule has 2 bridgehead atoms. The van der Waals surface area contributed by atoms with Gasteiger partial charge in [-0.05, 0) is 128 Å². The normalized spacial score (nSPS) is 30.3. The van der Waals surface area contributed by atoms with E-state index in [4.69, 9.17) is 29.3 Å². The minimum absolute atomic E-state index is 0.0981. The second kappa shape index (κ2) is 14.8. The molecule has 6 unspecified atom stereocenters. The minimum Gasteiger partial charge on any atom is -0.496 e. The molecule has 5 fully saturated rings. The molecule has 4 aliphatic carbocycles. The summed E-state index contributed by atoms with van der Waals surface area (Å²) in [6.07, 6.45) is 3.48. The predicted molar refractivity (Wildman–Crippen MR) is 199 cm³/mol. The molecule has 1 aliphatic heterocycles. The van der Waals surface area contributed by atoms with Crippen LogP contribution in [0.5, 0.6) is 5.75 Å². The van der Waals surface area contributed by atoms with Crippen LogP contribution in [0.25, 0.3) is 0 Å². The molecular weight excluding hydrogens is 681 g/mol. The van der Waals surface area contributed by atoms with E-state index in [1.807, 2.05) is 6.07 Å². The summed E-state index contributed by atoms with van der Waals surface area (Å²) in [4.78, 5) is 51.7. The SMILES string of the molecule is COc1c(CC(NC(=O)CC2(C[N+](=O)[O-])CCC(C(N)C(=O)OC(C)(C)C)CC2)B2OC3CC4CC(C4(C)C)C3(C)O2)cccc1C(=O)OC(C)(C)C. The fraction of sp³-hybridized carbons (Fsp3) is 0.769. The maximum absolute atomic E-state index is 14.1. The number of nitrogens with two attached hydrogens (primary N) is 1. The summed E-state index contributed by atoms with van der Waals surface area (Å²) in [5, 5.41) is 15.2. The van der Waals surface area contributed by atoms with E-state index in [-0.39, 0.29) is 59.1 Å². The summed E-state index contributed by atoms with van der Waals surface area (Å²) >= 11 is 0. The second-order valence-electron chi connectivity index (χ2n) is 18.8. The van der Waals surface area contributed by atoms with Gasteiger partial charge in [-0.15, -0.1) is 0 Å². The summed E-state index contributed by atoms with van der Waals surface area (Å²) in [6.45, 7) is 17.0. The van der Waals surface area contributed by atoms with Crippen LogP contribution in [0.2, 0.25) is 0 Å². The van der Waals surface area contributed by atoms with Crippen LogP contribution >= 0.6 is 0 Å². The highest BCUT2D eigenvalue weighted by Gasteiger charge is 2.68. The van der Waals surface area contributed by atoms with Crippen LogP contribution in [-0.2, 0) is 34.8 Å². The Morgan fingerprint density at radius 1 is 1.06 bits per heavy atom. The van der Waals surface area contributed by atoms with E-state index in [0.717, 1.165) is 12.8 Å². The van der Waals surface area contributed by atoms with Gasteiger partial charge < -0.3 is 34.6 Å². The van der Waals surface area contributed by atoms with Crippen LogP contribution in [0.4, 0.5) is 0 Å². The summed E-state index contributed by atoms with van der Waals surface area (Å²) in [6, 6.07) is 4.37. The molecule has 1 heterocycles.